The van der Waals surface area contributed by atoms with Gasteiger partial charge in [-0.2, -0.15) is 31.3 Å². The van der Waals surface area contributed by atoms with Gasteiger partial charge in [0, 0.05) is 22.7 Å². The molecule has 3 N–H and O–H groups in total. The summed E-state index contributed by atoms with van der Waals surface area (Å²) in [4.78, 5) is 13.0. The van der Waals surface area contributed by atoms with Crippen molar-refractivity contribution in [1.82, 2.24) is 20.6 Å². The van der Waals surface area contributed by atoms with E-state index in [2.05, 4.69) is 20.6 Å². The summed E-state index contributed by atoms with van der Waals surface area (Å²) in [5.74, 6) is -3.35. The van der Waals surface area contributed by atoms with E-state index in [1.807, 2.05) is 0 Å². The van der Waals surface area contributed by atoms with Gasteiger partial charge in [0.25, 0.3) is 5.89 Å². The van der Waals surface area contributed by atoms with Gasteiger partial charge in [0.05, 0.1) is 6.04 Å². The number of carbonyl (C=O) groups is 1. The van der Waals surface area contributed by atoms with Crippen LogP contribution in [0.3, 0.4) is 0 Å². The molecule has 234 valence electrons. The Kier molecular flexibility index (Phi) is 8.65. The summed E-state index contributed by atoms with van der Waals surface area (Å²) in [5.41, 5.74) is -0.127. The molecule has 0 saturated heterocycles. The zero-order valence-corrected chi connectivity index (χ0v) is 22.5. The third-order valence-corrected chi connectivity index (χ3v) is 7.08. The van der Waals surface area contributed by atoms with Crippen LogP contribution in [0.5, 0.6) is 5.75 Å². The molecule has 2 atom stereocenters. The smallest absolute Gasteiger partial charge is 0.490 e. The molecule has 0 spiro atoms. The second kappa shape index (κ2) is 12.3. The van der Waals surface area contributed by atoms with Crippen LogP contribution in [0.4, 0.5) is 26.3 Å². The van der Waals surface area contributed by atoms with Crippen LogP contribution < -0.4 is 10.1 Å². The zero-order valence-electron chi connectivity index (χ0n) is 22.5. The number of alkyl halides is 6. The first-order valence-electron chi connectivity index (χ1n) is 13.3. The first-order chi connectivity index (χ1) is 20.8. The van der Waals surface area contributed by atoms with Crippen molar-refractivity contribution < 1.29 is 55.1 Å². The van der Waals surface area contributed by atoms with E-state index >= 15 is 0 Å². The standard InChI is InChI=1S/C26H23F3N4O4.C2HF3O2/c27-26(28,29)20-21(14-6-2-1-3-7-14)32-36-23(20)25-31-24(33-37-25)15-10-11-17-19(12-15)35-13-18(22(17)34)30-16-8-4-5-9-16;3-2(4,5)1(6)7/h1-3,6-7,10-12,16,18,22,30,34H,4-5,8-9,13H2;(H,6,7). The van der Waals surface area contributed by atoms with E-state index < -0.39 is 41.6 Å². The lowest BCUT2D eigenvalue weighted by Crippen LogP contribution is -2.46. The van der Waals surface area contributed by atoms with Gasteiger partial charge >= 0.3 is 18.3 Å². The van der Waals surface area contributed by atoms with Gasteiger partial charge < -0.3 is 29.3 Å². The Morgan fingerprint density at radius 3 is 2.25 bits per heavy atom. The lowest BCUT2D eigenvalue weighted by molar-refractivity contribution is -0.192. The van der Waals surface area contributed by atoms with Crippen LogP contribution in [0.15, 0.2) is 57.6 Å². The number of benzene rings is 2. The molecule has 16 heteroatoms. The van der Waals surface area contributed by atoms with Gasteiger partial charge in [0.2, 0.25) is 11.6 Å². The first kappa shape index (κ1) is 31.0. The number of aliphatic carboxylic acids is 1. The topological polar surface area (TPSA) is 144 Å². The van der Waals surface area contributed by atoms with Crippen LogP contribution in [0, 0.1) is 0 Å². The van der Waals surface area contributed by atoms with Crippen molar-refractivity contribution in [3.8, 4) is 40.0 Å². The Morgan fingerprint density at radius 2 is 1.61 bits per heavy atom. The fourth-order valence-electron chi connectivity index (χ4n) is 4.99. The molecule has 1 saturated carbocycles. The monoisotopic (exact) mass is 626 g/mol. The van der Waals surface area contributed by atoms with Crippen molar-refractivity contribution in [3.05, 3.63) is 59.7 Å². The summed E-state index contributed by atoms with van der Waals surface area (Å²) in [6.45, 7) is 0.293. The van der Waals surface area contributed by atoms with Crippen LogP contribution in [-0.2, 0) is 11.0 Å². The van der Waals surface area contributed by atoms with Crippen molar-refractivity contribution in [1.29, 1.82) is 0 Å². The molecule has 6 rings (SSSR count). The number of nitrogens with zero attached hydrogens (tertiary/aromatic N) is 3. The van der Waals surface area contributed by atoms with Crippen molar-refractivity contribution in [2.45, 2.75) is 56.2 Å². The second-order valence-electron chi connectivity index (χ2n) is 10.1. The Labute approximate surface area is 244 Å². The predicted octanol–water partition coefficient (Wildman–Crippen LogP) is 6.04. The van der Waals surface area contributed by atoms with E-state index in [1.54, 1.807) is 36.4 Å². The molecule has 0 bridgehead atoms. The highest BCUT2D eigenvalue weighted by molar-refractivity contribution is 5.73. The minimum absolute atomic E-state index is 0.0490. The average Bonchev–Trinajstić information content (AvgIpc) is 3.75. The highest BCUT2D eigenvalue weighted by Crippen LogP contribution is 2.43. The fraction of sp³-hybridized carbons (Fsp3) is 0.357. The van der Waals surface area contributed by atoms with E-state index in [1.165, 1.54) is 25.0 Å². The second-order valence-corrected chi connectivity index (χ2v) is 10.1. The summed E-state index contributed by atoms with van der Waals surface area (Å²) >= 11 is 0. The first-order valence-corrected chi connectivity index (χ1v) is 13.3. The lowest BCUT2D eigenvalue weighted by atomic mass is 9.96. The van der Waals surface area contributed by atoms with Crippen molar-refractivity contribution >= 4 is 5.97 Å². The third kappa shape index (κ3) is 6.70. The quantitative estimate of drug-likeness (QED) is 0.225. The summed E-state index contributed by atoms with van der Waals surface area (Å²) in [6, 6.07) is 13.1. The number of hydrogen-bond acceptors (Lipinski definition) is 9. The number of rotatable bonds is 5. The molecule has 3 heterocycles. The fourth-order valence-corrected chi connectivity index (χ4v) is 4.99. The molecule has 10 nitrogen and oxygen atoms in total. The molecule has 2 aromatic carbocycles. The van der Waals surface area contributed by atoms with Gasteiger partial charge in [0.15, 0.2) is 0 Å². The molecule has 1 aliphatic carbocycles. The van der Waals surface area contributed by atoms with E-state index in [9.17, 15) is 31.4 Å². The van der Waals surface area contributed by atoms with Crippen LogP contribution in [0.2, 0.25) is 0 Å². The van der Waals surface area contributed by atoms with Crippen molar-refractivity contribution in [2.75, 3.05) is 6.61 Å². The van der Waals surface area contributed by atoms with Gasteiger partial charge in [-0.3, -0.25) is 0 Å². The lowest BCUT2D eigenvalue weighted by Gasteiger charge is -2.33. The predicted molar refractivity (Wildman–Crippen MR) is 139 cm³/mol. The van der Waals surface area contributed by atoms with E-state index in [0.717, 1.165) is 12.8 Å². The minimum Gasteiger partial charge on any atom is -0.491 e. The molecule has 2 aliphatic rings. The number of halogens is 6. The third-order valence-electron chi connectivity index (χ3n) is 7.08. The molecule has 2 unspecified atom stereocenters. The number of aromatic nitrogens is 3. The SMILES string of the molecule is O=C(O)C(F)(F)F.OC1c2ccc(-c3noc(-c4onc(-c5ccccc5)c4C(F)(F)F)n3)cc2OCC1NC1CCCC1. The van der Waals surface area contributed by atoms with E-state index in [4.69, 9.17) is 23.7 Å². The molecule has 1 fully saturated rings. The number of carboxylic acid groups (broad SMARTS) is 1. The molecule has 0 amide bonds. The largest absolute Gasteiger partial charge is 0.491 e. The van der Waals surface area contributed by atoms with Crippen molar-refractivity contribution in [3.63, 3.8) is 0 Å². The number of carboxylic acids is 1. The maximum Gasteiger partial charge on any atom is 0.490 e. The number of hydrogen-bond donors (Lipinski definition) is 3. The Morgan fingerprint density at radius 1 is 0.932 bits per heavy atom. The normalized spacial score (nSPS) is 18.7. The van der Waals surface area contributed by atoms with Gasteiger partial charge in [-0.1, -0.05) is 65.6 Å². The van der Waals surface area contributed by atoms with Gasteiger partial charge in [-0.15, -0.1) is 0 Å². The van der Waals surface area contributed by atoms with E-state index in [-0.39, 0.29) is 23.1 Å². The van der Waals surface area contributed by atoms with Crippen LogP contribution in [-0.4, -0.2) is 56.3 Å². The molecule has 1 aliphatic heterocycles. The molecule has 44 heavy (non-hydrogen) atoms. The Bertz CT molecular complexity index is 1600. The summed E-state index contributed by atoms with van der Waals surface area (Å²) < 4.78 is 89.8. The van der Waals surface area contributed by atoms with Gasteiger partial charge in [-0.05, 0) is 18.9 Å². The van der Waals surface area contributed by atoms with Gasteiger partial charge in [0.1, 0.15) is 29.7 Å². The zero-order chi connectivity index (χ0) is 31.6. The molecule has 4 aromatic rings. The van der Waals surface area contributed by atoms with Gasteiger partial charge in [-0.25, -0.2) is 4.79 Å². The molecular formula is C28H24F6N4O6. The Balaban J connectivity index is 0.000000493. The number of nitrogens with one attached hydrogen (secondary N) is 1. The summed E-state index contributed by atoms with van der Waals surface area (Å²) in [6.07, 6.45) is -6.07. The molecule has 0 radical (unpaired) electrons. The molecular weight excluding hydrogens is 602 g/mol. The number of ether oxygens (including phenoxy) is 1. The number of aliphatic hydroxyl groups excluding tert-OH is 1. The Hall–Kier alpha value is -4.44. The minimum atomic E-state index is -5.08. The number of aliphatic hydroxyl groups is 1. The maximum atomic E-state index is 14.0. The van der Waals surface area contributed by atoms with Crippen molar-refractivity contribution in [2.24, 2.45) is 0 Å². The summed E-state index contributed by atoms with van der Waals surface area (Å²) in [7, 11) is 0. The summed E-state index contributed by atoms with van der Waals surface area (Å²) in [5, 5.41) is 29.0. The van der Waals surface area contributed by atoms with Crippen LogP contribution >= 0.6 is 0 Å². The van der Waals surface area contributed by atoms with Crippen LogP contribution in [0.25, 0.3) is 34.3 Å². The highest BCUT2D eigenvalue weighted by Gasteiger charge is 2.43. The highest BCUT2D eigenvalue weighted by atomic mass is 19.4. The average molecular weight is 627 g/mol. The number of fused-ring (bicyclic) bond motifs is 1. The molecule has 2 aromatic heterocycles. The van der Waals surface area contributed by atoms with E-state index in [0.29, 0.717) is 29.5 Å². The maximum absolute atomic E-state index is 14.0. The van der Waals surface area contributed by atoms with Crippen LogP contribution in [0.1, 0.15) is 42.9 Å².